The summed E-state index contributed by atoms with van der Waals surface area (Å²) in [4.78, 5) is 0.312. The second kappa shape index (κ2) is 3.07. The summed E-state index contributed by atoms with van der Waals surface area (Å²) in [5.74, 6) is 0. The molecule has 1 aliphatic carbocycles. The predicted molar refractivity (Wildman–Crippen MR) is 52.7 cm³/mol. The quantitative estimate of drug-likeness (QED) is 0.812. The second-order valence-electron chi connectivity index (χ2n) is 3.66. The van der Waals surface area contributed by atoms with Crippen molar-refractivity contribution in [2.45, 2.75) is 22.5 Å². The van der Waals surface area contributed by atoms with Crippen LogP contribution in [0.3, 0.4) is 0 Å². The number of rotatable bonds is 3. The second-order valence-corrected chi connectivity index (χ2v) is 6.00. The van der Waals surface area contributed by atoms with Gasteiger partial charge in [-0.25, -0.2) is 8.42 Å². The minimum absolute atomic E-state index is 0.274. The summed E-state index contributed by atoms with van der Waals surface area (Å²) >= 11 is 0. The van der Waals surface area contributed by atoms with Crippen LogP contribution in [0.5, 0.6) is 0 Å². The van der Waals surface area contributed by atoms with Crippen LogP contribution in [0.4, 0.5) is 0 Å². The maximum absolute atomic E-state index is 12.0. The van der Waals surface area contributed by atoms with E-state index in [1.165, 1.54) is 0 Å². The molecule has 1 aromatic carbocycles. The third-order valence-electron chi connectivity index (χ3n) is 2.72. The van der Waals surface area contributed by atoms with E-state index in [1.54, 1.807) is 30.3 Å². The molecule has 0 saturated heterocycles. The van der Waals surface area contributed by atoms with Gasteiger partial charge in [0.05, 0.1) is 16.2 Å². The van der Waals surface area contributed by atoms with Crippen LogP contribution in [-0.2, 0) is 9.84 Å². The first kappa shape index (κ1) is 9.68. The lowest BCUT2D eigenvalue weighted by Crippen LogP contribution is -2.27. The first-order chi connectivity index (χ1) is 6.62. The van der Waals surface area contributed by atoms with E-state index in [0.717, 1.165) is 0 Å². The van der Waals surface area contributed by atoms with E-state index in [1.807, 2.05) is 0 Å². The first-order valence-corrected chi connectivity index (χ1v) is 6.01. The lowest BCUT2D eigenvalue weighted by molar-refractivity contribution is 0.283. The lowest BCUT2D eigenvalue weighted by Gasteiger charge is -2.12. The highest BCUT2D eigenvalue weighted by atomic mass is 32.2. The Kier molecular flexibility index (Phi) is 2.12. The molecule has 0 heterocycles. The van der Waals surface area contributed by atoms with Gasteiger partial charge in [-0.2, -0.15) is 0 Å². The standard InChI is InChI=1S/C10H12O3S/c11-8-10(6-7-10)14(12,13)9-4-2-1-3-5-9/h1-5,11H,6-8H2. The predicted octanol–water partition coefficient (Wildman–Crippen LogP) is 0.985. The Balaban J connectivity index is 2.44. The lowest BCUT2D eigenvalue weighted by atomic mass is 10.4. The van der Waals surface area contributed by atoms with Gasteiger partial charge in [0.25, 0.3) is 0 Å². The normalized spacial score (nSPS) is 19.2. The Morgan fingerprint density at radius 1 is 1.21 bits per heavy atom. The van der Waals surface area contributed by atoms with Crippen LogP contribution < -0.4 is 0 Å². The number of hydrogen-bond donors (Lipinski definition) is 1. The number of aliphatic hydroxyl groups is 1. The summed E-state index contributed by atoms with van der Waals surface area (Å²) in [7, 11) is -3.33. The molecule has 1 aromatic rings. The molecule has 0 bridgehead atoms. The minimum atomic E-state index is -3.33. The van der Waals surface area contributed by atoms with E-state index < -0.39 is 14.6 Å². The number of hydrogen-bond acceptors (Lipinski definition) is 3. The summed E-state index contributed by atoms with van der Waals surface area (Å²) in [5, 5.41) is 9.07. The zero-order valence-corrected chi connectivity index (χ0v) is 8.50. The van der Waals surface area contributed by atoms with Crippen LogP contribution >= 0.6 is 0 Å². The van der Waals surface area contributed by atoms with Crippen molar-refractivity contribution in [2.24, 2.45) is 0 Å². The van der Waals surface area contributed by atoms with Crippen molar-refractivity contribution in [3.63, 3.8) is 0 Å². The van der Waals surface area contributed by atoms with Crippen molar-refractivity contribution in [1.29, 1.82) is 0 Å². The van der Waals surface area contributed by atoms with Gasteiger partial charge in [0.1, 0.15) is 0 Å². The largest absolute Gasteiger partial charge is 0.395 e. The van der Waals surface area contributed by atoms with E-state index in [0.29, 0.717) is 17.7 Å². The highest BCUT2D eigenvalue weighted by Crippen LogP contribution is 2.46. The van der Waals surface area contributed by atoms with E-state index in [9.17, 15) is 8.42 Å². The third kappa shape index (κ3) is 1.26. The van der Waals surface area contributed by atoms with Gasteiger partial charge in [0, 0.05) is 0 Å². The molecule has 4 heteroatoms. The number of sulfone groups is 1. The highest BCUT2D eigenvalue weighted by Gasteiger charge is 2.54. The van der Waals surface area contributed by atoms with Crippen LogP contribution in [0.15, 0.2) is 35.2 Å². The molecule has 3 nitrogen and oxygen atoms in total. The molecule has 1 N–H and O–H groups in total. The fourth-order valence-corrected chi connectivity index (χ4v) is 3.33. The number of aliphatic hydroxyl groups excluding tert-OH is 1. The van der Waals surface area contributed by atoms with Crippen LogP contribution in [0.25, 0.3) is 0 Å². The van der Waals surface area contributed by atoms with Crippen molar-refractivity contribution in [2.75, 3.05) is 6.61 Å². The van der Waals surface area contributed by atoms with E-state index in [2.05, 4.69) is 0 Å². The van der Waals surface area contributed by atoms with Gasteiger partial charge in [0.15, 0.2) is 9.84 Å². The van der Waals surface area contributed by atoms with Crippen molar-refractivity contribution >= 4 is 9.84 Å². The molecule has 2 rings (SSSR count). The molecule has 1 saturated carbocycles. The topological polar surface area (TPSA) is 54.4 Å². The van der Waals surface area contributed by atoms with E-state index >= 15 is 0 Å². The Bertz CT molecular complexity index is 418. The van der Waals surface area contributed by atoms with E-state index in [-0.39, 0.29) is 6.61 Å². The molecule has 76 valence electrons. The molecule has 1 aliphatic rings. The van der Waals surface area contributed by atoms with Crippen molar-refractivity contribution in [3.8, 4) is 0 Å². The van der Waals surface area contributed by atoms with Gasteiger partial charge in [0.2, 0.25) is 0 Å². The molecule has 0 aliphatic heterocycles. The summed E-state index contributed by atoms with van der Waals surface area (Å²) in [6, 6.07) is 8.31. The Labute approximate surface area is 83.3 Å². The van der Waals surface area contributed by atoms with E-state index in [4.69, 9.17) is 5.11 Å². The fraction of sp³-hybridized carbons (Fsp3) is 0.400. The molecule has 0 radical (unpaired) electrons. The summed E-state index contributed by atoms with van der Waals surface area (Å²) < 4.78 is 23.1. The SMILES string of the molecule is O=S(=O)(c1ccccc1)C1(CO)CC1. The summed E-state index contributed by atoms with van der Waals surface area (Å²) in [6.45, 7) is -0.274. The molecular weight excluding hydrogens is 200 g/mol. The van der Waals surface area contributed by atoms with Gasteiger partial charge in [-0.3, -0.25) is 0 Å². The van der Waals surface area contributed by atoms with Gasteiger partial charge in [-0.15, -0.1) is 0 Å². The molecule has 14 heavy (non-hydrogen) atoms. The zero-order valence-electron chi connectivity index (χ0n) is 7.68. The van der Waals surface area contributed by atoms with Crippen LogP contribution in [0.1, 0.15) is 12.8 Å². The van der Waals surface area contributed by atoms with Crippen LogP contribution in [0.2, 0.25) is 0 Å². The van der Waals surface area contributed by atoms with Gasteiger partial charge < -0.3 is 5.11 Å². The van der Waals surface area contributed by atoms with Crippen molar-refractivity contribution < 1.29 is 13.5 Å². The van der Waals surface area contributed by atoms with Gasteiger partial charge >= 0.3 is 0 Å². The average molecular weight is 212 g/mol. The summed E-state index contributed by atoms with van der Waals surface area (Å²) in [6.07, 6.45) is 1.14. The number of benzene rings is 1. The van der Waals surface area contributed by atoms with Gasteiger partial charge in [-0.1, -0.05) is 18.2 Å². The first-order valence-electron chi connectivity index (χ1n) is 4.53. The Morgan fingerprint density at radius 2 is 1.79 bits per heavy atom. The molecule has 0 amide bonds. The molecule has 0 spiro atoms. The van der Waals surface area contributed by atoms with Crippen molar-refractivity contribution in [1.82, 2.24) is 0 Å². The summed E-state index contributed by atoms with van der Waals surface area (Å²) in [5.41, 5.74) is 0. The zero-order chi connectivity index (χ0) is 10.2. The maximum Gasteiger partial charge on any atom is 0.186 e. The van der Waals surface area contributed by atoms with Crippen LogP contribution in [-0.4, -0.2) is 24.9 Å². The third-order valence-corrected chi connectivity index (χ3v) is 5.29. The molecular formula is C10H12O3S. The van der Waals surface area contributed by atoms with Crippen LogP contribution in [0, 0.1) is 0 Å². The molecule has 0 unspecified atom stereocenters. The van der Waals surface area contributed by atoms with Crippen molar-refractivity contribution in [3.05, 3.63) is 30.3 Å². The monoisotopic (exact) mass is 212 g/mol. The van der Waals surface area contributed by atoms with Gasteiger partial charge in [-0.05, 0) is 25.0 Å². The molecule has 1 fully saturated rings. The minimum Gasteiger partial charge on any atom is -0.395 e. The fourth-order valence-electron chi connectivity index (χ4n) is 1.50. The average Bonchev–Trinajstić information content (AvgIpc) is 3.00. The highest BCUT2D eigenvalue weighted by molar-refractivity contribution is 7.93. The Morgan fingerprint density at radius 3 is 2.21 bits per heavy atom. The Hall–Kier alpha value is -0.870. The maximum atomic E-state index is 12.0. The molecule has 0 atom stereocenters. The smallest absolute Gasteiger partial charge is 0.186 e. The molecule has 0 aromatic heterocycles.